The van der Waals surface area contributed by atoms with E-state index in [0.717, 1.165) is 11.0 Å². The summed E-state index contributed by atoms with van der Waals surface area (Å²) in [5.74, 6) is 0.713. The molecule has 1 N–H and O–H groups in total. The molecule has 110 valence electrons. The van der Waals surface area contributed by atoms with Crippen LogP contribution in [0.5, 0.6) is 5.75 Å². The highest BCUT2D eigenvalue weighted by molar-refractivity contribution is 5.87. The number of fused-ring (bicyclic) bond motifs is 1. The van der Waals surface area contributed by atoms with Crippen molar-refractivity contribution in [1.82, 2.24) is 9.97 Å². The summed E-state index contributed by atoms with van der Waals surface area (Å²) in [6.45, 7) is 7.30. The number of ether oxygens (including phenoxy) is 2. The molecule has 1 heterocycles. The van der Waals surface area contributed by atoms with Crippen LogP contribution >= 0.6 is 0 Å². The summed E-state index contributed by atoms with van der Waals surface area (Å²) in [5, 5.41) is 0. The van der Waals surface area contributed by atoms with Crippen LogP contribution in [0.4, 0.5) is 0 Å². The minimum atomic E-state index is -0.416. The lowest BCUT2D eigenvalue weighted by Gasteiger charge is -2.11. The number of hydrogen-bond acceptors (Lipinski definition) is 5. The molecule has 6 heteroatoms. The van der Waals surface area contributed by atoms with Crippen molar-refractivity contribution >= 4 is 23.5 Å². The first-order chi connectivity index (χ1) is 9.99. The van der Waals surface area contributed by atoms with Crippen molar-refractivity contribution < 1.29 is 19.1 Å². The highest BCUT2D eigenvalue weighted by Gasteiger charge is 2.13. The Labute approximate surface area is 121 Å². The number of hydrogen-bond donors (Lipinski definition) is 1. The van der Waals surface area contributed by atoms with E-state index in [4.69, 9.17) is 9.47 Å². The third-order valence-electron chi connectivity index (χ3n) is 2.82. The van der Waals surface area contributed by atoms with E-state index in [1.165, 1.54) is 0 Å². The zero-order chi connectivity index (χ0) is 15.4. The molecule has 0 saturated carbocycles. The van der Waals surface area contributed by atoms with Crippen LogP contribution in [-0.4, -0.2) is 28.5 Å². The quantitative estimate of drug-likeness (QED) is 0.500. The molecule has 1 aromatic heterocycles. The smallest absolute Gasteiger partial charge is 0.333 e. The molecule has 2 aromatic rings. The van der Waals surface area contributed by atoms with Gasteiger partial charge in [0.1, 0.15) is 17.7 Å². The van der Waals surface area contributed by atoms with Gasteiger partial charge in [-0.15, -0.1) is 0 Å². The first-order valence-electron chi connectivity index (χ1n) is 6.45. The van der Waals surface area contributed by atoms with E-state index in [1.807, 2.05) is 0 Å². The van der Waals surface area contributed by atoms with Gasteiger partial charge in [-0.2, -0.15) is 0 Å². The Morgan fingerprint density at radius 1 is 1.52 bits per heavy atom. The number of esters is 1. The maximum absolute atomic E-state index is 11.4. The average molecular weight is 288 g/mol. The maximum Gasteiger partial charge on any atom is 0.333 e. The zero-order valence-electron chi connectivity index (χ0n) is 11.9. The van der Waals surface area contributed by atoms with Crippen LogP contribution in [0.3, 0.4) is 0 Å². The van der Waals surface area contributed by atoms with E-state index in [1.54, 1.807) is 32.0 Å². The predicted molar refractivity (Wildman–Crippen MR) is 76.9 cm³/mol. The molecule has 21 heavy (non-hydrogen) atoms. The summed E-state index contributed by atoms with van der Waals surface area (Å²) in [6.07, 6.45) is 0.137. The molecule has 0 saturated heterocycles. The molecule has 0 fully saturated rings. The van der Waals surface area contributed by atoms with Gasteiger partial charge in [0, 0.05) is 18.1 Å². The van der Waals surface area contributed by atoms with Gasteiger partial charge in [0.15, 0.2) is 0 Å². The maximum atomic E-state index is 11.4. The van der Waals surface area contributed by atoms with Crippen LogP contribution in [0.25, 0.3) is 11.0 Å². The zero-order valence-corrected chi connectivity index (χ0v) is 11.9. The molecule has 0 spiro atoms. The Morgan fingerprint density at radius 3 is 2.95 bits per heavy atom. The second kappa shape index (κ2) is 6.21. The van der Waals surface area contributed by atoms with E-state index in [0.29, 0.717) is 30.0 Å². The number of carbonyl (C=O) groups is 2. The fraction of sp³-hybridized carbons (Fsp3) is 0.267. The third-order valence-corrected chi connectivity index (χ3v) is 2.82. The van der Waals surface area contributed by atoms with Crippen LogP contribution in [0.2, 0.25) is 0 Å². The molecule has 0 radical (unpaired) electrons. The van der Waals surface area contributed by atoms with E-state index >= 15 is 0 Å². The highest BCUT2D eigenvalue weighted by atomic mass is 16.5. The number of H-pyrrole nitrogens is 1. The van der Waals surface area contributed by atoms with Gasteiger partial charge in [-0.25, -0.2) is 9.78 Å². The number of carbonyl (C=O) groups excluding carboxylic acids is 2. The summed E-state index contributed by atoms with van der Waals surface area (Å²) in [6, 6.07) is 5.09. The highest BCUT2D eigenvalue weighted by Crippen LogP contribution is 2.19. The van der Waals surface area contributed by atoms with Crippen molar-refractivity contribution in [3.63, 3.8) is 0 Å². The lowest BCUT2D eigenvalue weighted by Crippen LogP contribution is -2.18. The second-order valence-corrected chi connectivity index (χ2v) is 4.78. The van der Waals surface area contributed by atoms with Crippen molar-refractivity contribution in [2.45, 2.75) is 26.4 Å². The van der Waals surface area contributed by atoms with Gasteiger partial charge in [-0.1, -0.05) is 6.58 Å². The van der Waals surface area contributed by atoms with Gasteiger partial charge < -0.3 is 14.5 Å². The molecule has 2 rings (SSSR count). The number of aromatic amines is 1. The number of imidazole rings is 1. The Bertz CT molecular complexity index is 690. The minimum Gasteiger partial charge on any atom is -0.459 e. The molecule has 1 atom stereocenters. The van der Waals surface area contributed by atoms with Gasteiger partial charge in [0.25, 0.3) is 6.47 Å². The number of nitrogens with one attached hydrogen (secondary N) is 1. The molecule has 0 aliphatic rings. The first-order valence-corrected chi connectivity index (χ1v) is 6.45. The molecule has 0 aliphatic carbocycles. The Balaban J connectivity index is 2.10. The Hall–Kier alpha value is -2.63. The van der Waals surface area contributed by atoms with Gasteiger partial charge >= 0.3 is 5.97 Å². The molecule has 0 bridgehead atoms. The predicted octanol–water partition coefficient (Wildman–Crippen LogP) is 2.15. The van der Waals surface area contributed by atoms with Crippen LogP contribution in [0, 0.1) is 0 Å². The molecular weight excluding hydrogens is 272 g/mol. The standard InChI is InChI=1S/C15H16N2O4/c1-9(2)15(19)21-10(3)6-14-16-12-5-4-11(20-8-18)7-13(12)17-14/h4-5,7-8,10H,1,6H2,2-3H3,(H,16,17). The Kier molecular flexibility index (Phi) is 4.37. The lowest BCUT2D eigenvalue weighted by molar-refractivity contribution is -0.143. The largest absolute Gasteiger partial charge is 0.459 e. The molecule has 1 aromatic carbocycles. The van der Waals surface area contributed by atoms with Crippen molar-refractivity contribution in [2.75, 3.05) is 0 Å². The monoisotopic (exact) mass is 288 g/mol. The van der Waals surface area contributed by atoms with Crippen molar-refractivity contribution in [2.24, 2.45) is 0 Å². The van der Waals surface area contributed by atoms with E-state index in [-0.39, 0.29) is 6.10 Å². The summed E-state index contributed by atoms with van der Waals surface area (Å²) >= 11 is 0. The topological polar surface area (TPSA) is 81.3 Å². The van der Waals surface area contributed by atoms with Crippen LogP contribution in [0.15, 0.2) is 30.4 Å². The van der Waals surface area contributed by atoms with Crippen LogP contribution < -0.4 is 4.74 Å². The fourth-order valence-corrected chi connectivity index (χ4v) is 1.86. The SMILES string of the molecule is C=C(C)C(=O)OC(C)Cc1nc2ccc(OC=O)cc2[nH]1. The fourth-order valence-electron chi connectivity index (χ4n) is 1.86. The number of rotatable bonds is 6. The number of benzene rings is 1. The third kappa shape index (κ3) is 3.68. The van der Waals surface area contributed by atoms with Gasteiger partial charge in [0.05, 0.1) is 11.0 Å². The minimum absolute atomic E-state index is 0.319. The van der Waals surface area contributed by atoms with Gasteiger partial charge in [0.2, 0.25) is 0 Å². The van der Waals surface area contributed by atoms with Crippen molar-refractivity contribution in [1.29, 1.82) is 0 Å². The summed E-state index contributed by atoms with van der Waals surface area (Å²) in [7, 11) is 0. The van der Waals surface area contributed by atoms with Crippen molar-refractivity contribution in [3.8, 4) is 5.75 Å². The Morgan fingerprint density at radius 2 is 2.29 bits per heavy atom. The van der Waals surface area contributed by atoms with E-state index in [2.05, 4.69) is 16.5 Å². The lowest BCUT2D eigenvalue weighted by atomic mass is 10.2. The molecule has 1 unspecified atom stereocenters. The normalized spacial score (nSPS) is 11.9. The van der Waals surface area contributed by atoms with E-state index in [9.17, 15) is 9.59 Å². The molecule has 0 amide bonds. The molecule has 6 nitrogen and oxygen atoms in total. The summed E-state index contributed by atoms with van der Waals surface area (Å²) < 4.78 is 9.98. The average Bonchev–Trinajstić information content (AvgIpc) is 2.80. The van der Waals surface area contributed by atoms with E-state index < -0.39 is 5.97 Å². The molecule has 0 aliphatic heterocycles. The summed E-state index contributed by atoms with van der Waals surface area (Å²) in [4.78, 5) is 29.2. The van der Waals surface area contributed by atoms with Crippen LogP contribution in [-0.2, 0) is 20.7 Å². The van der Waals surface area contributed by atoms with Crippen LogP contribution in [0.1, 0.15) is 19.7 Å². The number of nitrogens with zero attached hydrogens (tertiary/aromatic N) is 1. The van der Waals surface area contributed by atoms with Gasteiger partial charge in [-0.3, -0.25) is 4.79 Å². The molecular formula is C15H16N2O4. The van der Waals surface area contributed by atoms with Gasteiger partial charge in [-0.05, 0) is 26.0 Å². The number of aromatic nitrogens is 2. The first kappa shape index (κ1) is 14.8. The second-order valence-electron chi connectivity index (χ2n) is 4.78. The van der Waals surface area contributed by atoms with Crippen molar-refractivity contribution in [3.05, 3.63) is 36.2 Å². The summed E-state index contributed by atoms with van der Waals surface area (Å²) in [5.41, 5.74) is 1.87.